The topological polar surface area (TPSA) is 81.4 Å². The number of nitrogens with two attached hydrogens (primary N) is 1. The molecule has 130 valence electrons. The van der Waals surface area contributed by atoms with E-state index in [0.29, 0.717) is 12.4 Å². The highest BCUT2D eigenvalue weighted by molar-refractivity contribution is 7.89. The third kappa shape index (κ3) is 5.79. The van der Waals surface area contributed by atoms with E-state index in [1.165, 1.54) is 0 Å². The predicted octanol–water partition coefficient (Wildman–Crippen LogP) is 2.80. The van der Waals surface area contributed by atoms with Gasteiger partial charge in [-0.3, -0.25) is 0 Å². The molecular weight excluding hydrogens is 312 g/mol. The van der Waals surface area contributed by atoms with Crippen LogP contribution in [-0.2, 0) is 10.0 Å². The van der Waals surface area contributed by atoms with Crippen LogP contribution in [0.3, 0.4) is 0 Å². The molecule has 1 aromatic rings. The number of sulfonamides is 1. The first kappa shape index (κ1) is 18.2. The Hall–Kier alpha value is -1.11. The SMILES string of the molecule is CCCCCOc1ccc(S(=O)(=O)NC2CCC(N)CC2)cc1. The largest absolute Gasteiger partial charge is 0.494 e. The molecule has 3 N–H and O–H groups in total. The van der Waals surface area contributed by atoms with Gasteiger partial charge in [-0.1, -0.05) is 19.8 Å². The molecule has 1 aliphatic rings. The van der Waals surface area contributed by atoms with Crippen molar-refractivity contribution in [3.8, 4) is 5.75 Å². The highest BCUT2D eigenvalue weighted by atomic mass is 32.2. The molecule has 0 aliphatic heterocycles. The van der Waals surface area contributed by atoms with Crippen molar-refractivity contribution >= 4 is 10.0 Å². The highest BCUT2D eigenvalue weighted by Crippen LogP contribution is 2.21. The molecular formula is C17H28N2O3S. The van der Waals surface area contributed by atoms with Gasteiger partial charge in [-0.25, -0.2) is 13.1 Å². The molecule has 1 saturated carbocycles. The second kappa shape index (κ2) is 8.66. The molecule has 1 fully saturated rings. The average molecular weight is 340 g/mol. The van der Waals surface area contributed by atoms with E-state index in [4.69, 9.17) is 10.5 Å². The van der Waals surface area contributed by atoms with Gasteiger partial charge in [-0.15, -0.1) is 0 Å². The van der Waals surface area contributed by atoms with Crippen LogP contribution in [0.2, 0.25) is 0 Å². The van der Waals surface area contributed by atoms with Crippen LogP contribution in [0.4, 0.5) is 0 Å². The van der Waals surface area contributed by atoms with Gasteiger partial charge in [0.2, 0.25) is 10.0 Å². The third-order valence-corrected chi connectivity index (χ3v) is 5.78. The number of benzene rings is 1. The summed E-state index contributed by atoms with van der Waals surface area (Å²) in [5.41, 5.74) is 5.86. The molecule has 0 bridgehead atoms. The predicted molar refractivity (Wildman–Crippen MR) is 92.0 cm³/mol. The molecule has 0 heterocycles. The first-order valence-corrected chi connectivity index (χ1v) is 10.0. The molecule has 0 spiro atoms. The normalized spacial score (nSPS) is 22.0. The lowest BCUT2D eigenvalue weighted by Crippen LogP contribution is -2.40. The fraction of sp³-hybridized carbons (Fsp3) is 0.647. The van der Waals surface area contributed by atoms with Gasteiger partial charge in [0.1, 0.15) is 5.75 Å². The van der Waals surface area contributed by atoms with E-state index in [0.717, 1.165) is 44.9 Å². The number of hydrogen-bond donors (Lipinski definition) is 2. The van der Waals surface area contributed by atoms with Crippen molar-refractivity contribution in [2.24, 2.45) is 5.73 Å². The van der Waals surface area contributed by atoms with Crippen LogP contribution in [0.1, 0.15) is 51.9 Å². The number of nitrogens with one attached hydrogen (secondary N) is 1. The second-order valence-electron chi connectivity index (χ2n) is 6.26. The Balaban J connectivity index is 1.89. The lowest BCUT2D eigenvalue weighted by atomic mass is 9.93. The zero-order valence-corrected chi connectivity index (χ0v) is 14.6. The summed E-state index contributed by atoms with van der Waals surface area (Å²) in [7, 11) is -3.47. The minimum atomic E-state index is -3.47. The van der Waals surface area contributed by atoms with Gasteiger partial charge in [0.05, 0.1) is 11.5 Å². The Bertz CT molecular complexity index is 564. The molecule has 0 radical (unpaired) electrons. The van der Waals surface area contributed by atoms with Crippen molar-refractivity contribution < 1.29 is 13.2 Å². The Morgan fingerprint density at radius 1 is 1.13 bits per heavy atom. The zero-order valence-electron chi connectivity index (χ0n) is 13.8. The molecule has 0 aromatic heterocycles. The summed E-state index contributed by atoms with van der Waals surface area (Å²) in [6.45, 7) is 2.81. The van der Waals surface area contributed by atoms with Crippen LogP contribution in [-0.4, -0.2) is 27.1 Å². The van der Waals surface area contributed by atoms with Gasteiger partial charge in [0.15, 0.2) is 0 Å². The van der Waals surface area contributed by atoms with Crippen molar-refractivity contribution in [3.05, 3.63) is 24.3 Å². The fourth-order valence-corrected chi connectivity index (χ4v) is 4.09. The Labute approximate surface area is 139 Å². The summed E-state index contributed by atoms with van der Waals surface area (Å²) in [4.78, 5) is 0.285. The Morgan fingerprint density at radius 2 is 1.78 bits per heavy atom. The second-order valence-corrected chi connectivity index (χ2v) is 7.97. The van der Waals surface area contributed by atoms with Crippen LogP contribution < -0.4 is 15.2 Å². The van der Waals surface area contributed by atoms with Crippen molar-refractivity contribution in [3.63, 3.8) is 0 Å². The van der Waals surface area contributed by atoms with Crippen molar-refractivity contribution in [1.82, 2.24) is 4.72 Å². The third-order valence-electron chi connectivity index (χ3n) is 4.24. The standard InChI is InChI=1S/C17H28N2O3S/c1-2-3-4-13-22-16-9-11-17(12-10-16)23(20,21)19-15-7-5-14(18)6-8-15/h9-12,14-15,19H,2-8,13,18H2,1H3. The van der Waals surface area contributed by atoms with Gasteiger partial charge in [0.25, 0.3) is 0 Å². The van der Waals surface area contributed by atoms with Gasteiger partial charge in [0, 0.05) is 12.1 Å². The lowest BCUT2D eigenvalue weighted by Gasteiger charge is -2.26. The summed E-state index contributed by atoms with van der Waals surface area (Å²) in [6.07, 6.45) is 6.66. The maximum atomic E-state index is 12.4. The van der Waals surface area contributed by atoms with Gasteiger partial charge < -0.3 is 10.5 Å². The van der Waals surface area contributed by atoms with Crippen molar-refractivity contribution in [2.75, 3.05) is 6.61 Å². The van der Waals surface area contributed by atoms with E-state index in [2.05, 4.69) is 11.6 Å². The van der Waals surface area contributed by atoms with Gasteiger partial charge in [-0.2, -0.15) is 0 Å². The molecule has 5 nitrogen and oxygen atoms in total. The minimum Gasteiger partial charge on any atom is -0.494 e. The monoisotopic (exact) mass is 340 g/mol. The summed E-state index contributed by atoms with van der Waals surface area (Å²) in [5, 5.41) is 0. The molecule has 0 unspecified atom stereocenters. The first-order chi connectivity index (χ1) is 11.0. The molecule has 1 aromatic carbocycles. The van der Waals surface area contributed by atoms with Crippen LogP contribution in [0.15, 0.2) is 29.2 Å². The lowest BCUT2D eigenvalue weighted by molar-refractivity contribution is 0.306. The number of hydrogen-bond acceptors (Lipinski definition) is 4. The Kier molecular flexibility index (Phi) is 6.87. The van der Waals surface area contributed by atoms with Crippen LogP contribution in [0.25, 0.3) is 0 Å². The highest BCUT2D eigenvalue weighted by Gasteiger charge is 2.24. The first-order valence-electron chi connectivity index (χ1n) is 8.52. The fourth-order valence-electron chi connectivity index (χ4n) is 2.78. The quantitative estimate of drug-likeness (QED) is 0.713. The van der Waals surface area contributed by atoms with Crippen molar-refractivity contribution in [2.45, 2.75) is 68.8 Å². The van der Waals surface area contributed by atoms with E-state index in [-0.39, 0.29) is 17.0 Å². The van der Waals surface area contributed by atoms with Gasteiger partial charge >= 0.3 is 0 Å². The van der Waals surface area contributed by atoms with E-state index in [1.807, 2.05) is 0 Å². The zero-order chi connectivity index (χ0) is 16.7. The molecule has 23 heavy (non-hydrogen) atoms. The summed E-state index contributed by atoms with van der Waals surface area (Å²) >= 11 is 0. The molecule has 1 aliphatic carbocycles. The van der Waals surface area contributed by atoms with Crippen LogP contribution in [0, 0.1) is 0 Å². The summed E-state index contributed by atoms with van der Waals surface area (Å²) < 4.78 is 33.2. The summed E-state index contributed by atoms with van der Waals surface area (Å²) in [5.74, 6) is 0.712. The maximum absolute atomic E-state index is 12.4. The number of unbranched alkanes of at least 4 members (excludes halogenated alkanes) is 2. The van der Waals surface area contributed by atoms with E-state index in [1.54, 1.807) is 24.3 Å². The van der Waals surface area contributed by atoms with Crippen LogP contribution >= 0.6 is 0 Å². The van der Waals surface area contributed by atoms with E-state index in [9.17, 15) is 8.42 Å². The molecule has 0 atom stereocenters. The molecule has 0 saturated heterocycles. The Morgan fingerprint density at radius 3 is 2.39 bits per heavy atom. The van der Waals surface area contributed by atoms with E-state index < -0.39 is 10.0 Å². The molecule has 0 amide bonds. The van der Waals surface area contributed by atoms with Crippen LogP contribution in [0.5, 0.6) is 5.75 Å². The van der Waals surface area contributed by atoms with Crippen molar-refractivity contribution in [1.29, 1.82) is 0 Å². The number of ether oxygens (including phenoxy) is 1. The van der Waals surface area contributed by atoms with E-state index >= 15 is 0 Å². The molecule has 2 rings (SSSR count). The average Bonchev–Trinajstić information content (AvgIpc) is 2.54. The molecule has 6 heteroatoms. The number of rotatable bonds is 8. The smallest absolute Gasteiger partial charge is 0.240 e. The van der Waals surface area contributed by atoms with Gasteiger partial charge in [-0.05, 0) is 56.4 Å². The maximum Gasteiger partial charge on any atom is 0.240 e. The summed E-state index contributed by atoms with van der Waals surface area (Å²) in [6, 6.07) is 6.84. The minimum absolute atomic E-state index is 0.00947.